The molecule has 0 radical (unpaired) electrons. The van der Waals surface area contributed by atoms with Gasteiger partial charge in [-0.2, -0.15) is 4.39 Å². The second-order valence-electron chi connectivity index (χ2n) is 3.59. The summed E-state index contributed by atoms with van der Waals surface area (Å²) in [6.07, 6.45) is 1.49. The lowest BCUT2D eigenvalue weighted by Gasteiger charge is -2.15. The van der Waals surface area contributed by atoms with E-state index in [0.29, 0.717) is 0 Å². The molecule has 1 aromatic heterocycles. The van der Waals surface area contributed by atoms with E-state index in [9.17, 15) is 4.39 Å². The molecule has 0 fully saturated rings. The van der Waals surface area contributed by atoms with E-state index in [-0.39, 0.29) is 5.95 Å². The van der Waals surface area contributed by atoms with Crippen LogP contribution in [0.4, 0.5) is 4.39 Å². The van der Waals surface area contributed by atoms with E-state index in [1.165, 1.54) is 6.20 Å². The Hall–Kier alpha value is -0.703. The normalized spacial score (nSPS) is 11.6. The van der Waals surface area contributed by atoms with Crippen LogP contribution in [0.3, 0.4) is 0 Å². The summed E-state index contributed by atoms with van der Waals surface area (Å²) in [5.41, 5.74) is 0. The Labute approximate surface area is 67.3 Å². The minimum Gasteiger partial charge on any atom is -0.228 e. The van der Waals surface area contributed by atoms with Gasteiger partial charge in [0.2, 0.25) is 5.95 Å². The molecule has 0 amide bonds. The molecule has 3 heteroatoms. The van der Waals surface area contributed by atoms with E-state index in [2.05, 4.69) is 24.6 Å². The molecule has 1 nitrogen and oxygen atoms in total. The van der Waals surface area contributed by atoms with Crippen molar-refractivity contribution in [3.8, 4) is 0 Å². The van der Waals surface area contributed by atoms with Crippen molar-refractivity contribution in [1.82, 2.24) is 4.98 Å². The van der Waals surface area contributed by atoms with E-state index >= 15 is 0 Å². The highest BCUT2D eigenvalue weighted by molar-refractivity contribution is 6.88. The molecule has 1 aromatic rings. The van der Waals surface area contributed by atoms with Gasteiger partial charge in [-0.05, 0) is 11.3 Å². The van der Waals surface area contributed by atoms with Gasteiger partial charge < -0.3 is 0 Å². The molecule has 1 rings (SSSR count). The fraction of sp³-hybridized carbons (Fsp3) is 0.375. The Morgan fingerprint density at radius 1 is 1.36 bits per heavy atom. The first kappa shape index (κ1) is 8.39. The topological polar surface area (TPSA) is 12.9 Å². The summed E-state index contributed by atoms with van der Waals surface area (Å²) in [5.74, 6) is -0.299. The summed E-state index contributed by atoms with van der Waals surface area (Å²) in [5, 5.41) is 0.806. The molecule has 0 aliphatic heterocycles. The summed E-state index contributed by atoms with van der Waals surface area (Å²) in [6, 6.07) is 3.62. The van der Waals surface area contributed by atoms with Crippen LogP contribution in [0.5, 0.6) is 0 Å². The highest BCUT2D eigenvalue weighted by Gasteiger charge is 2.20. The maximum Gasteiger partial charge on any atom is 0.211 e. The third kappa shape index (κ3) is 1.86. The molecule has 11 heavy (non-hydrogen) atoms. The van der Waals surface area contributed by atoms with Crippen molar-refractivity contribution in [2.75, 3.05) is 0 Å². The van der Waals surface area contributed by atoms with Crippen molar-refractivity contribution in [2.45, 2.75) is 19.6 Å². The number of hydrogen-bond acceptors (Lipinski definition) is 1. The van der Waals surface area contributed by atoms with Gasteiger partial charge in [-0.3, -0.25) is 0 Å². The molecule has 0 saturated heterocycles. The molecule has 0 N–H and O–H groups in total. The molecule has 60 valence electrons. The minimum atomic E-state index is -1.52. The standard InChI is InChI=1S/C8H12FNSi/c1-11(2,3)7-5-4-6-10-8(7)9/h4-6H,1-3H3. The summed E-state index contributed by atoms with van der Waals surface area (Å²) in [7, 11) is -1.52. The van der Waals surface area contributed by atoms with E-state index in [1.54, 1.807) is 6.07 Å². The molecule has 0 saturated carbocycles. The maximum absolute atomic E-state index is 13.0. The maximum atomic E-state index is 13.0. The zero-order chi connectivity index (χ0) is 8.48. The van der Waals surface area contributed by atoms with Crippen molar-refractivity contribution >= 4 is 13.3 Å². The molecule has 1 heterocycles. The quantitative estimate of drug-likeness (QED) is 0.461. The van der Waals surface area contributed by atoms with Crippen LogP contribution in [0.15, 0.2) is 18.3 Å². The molecular formula is C8H12FNSi. The third-order valence-electron chi connectivity index (χ3n) is 1.57. The zero-order valence-corrected chi connectivity index (χ0v) is 8.06. The van der Waals surface area contributed by atoms with Gasteiger partial charge in [0.25, 0.3) is 0 Å². The molecule has 0 bridgehead atoms. The monoisotopic (exact) mass is 169 g/mol. The van der Waals surface area contributed by atoms with Crippen molar-refractivity contribution in [3.05, 3.63) is 24.3 Å². The van der Waals surface area contributed by atoms with Gasteiger partial charge in [0.15, 0.2) is 0 Å². The lowest BCUT2D eigenvalue weighted by atomic mass is 10.5. The third-order valence-corrected chi connectivity index (χ3v) is 3.56. The van der Waals surface area contributed by atoms with Crippen LogP contribution >= 0.6 is 0 Å². The van der Waals surface area contributed by atoms with Gasteiger partial charge in [0, 0.05) is 6.20 Å². The zero-order valence-electron chi connectivity index (χ0n) is 7.06. The first-order valence-electron chi connectivity index (χ1n) is 3.63. The summed E-state index contributed by atoms with van der Waals surface area (Å²) in [4.78, 5) is 3.61. The Morgan fingerprint density at radius 2 is 2.00 bits per heavy atom. The van der Waals surface area contributed by atoms with Crippen LogP contribution in [0, 0.1) is 5.95 Å². The summed E-state index contributed by atoms with van der Waals surface area (Å²) < 4.78 is 13.0. The smallest absolute Gasteiger partial charge is 0.211 e. The van der Waals surface area contributed by atoms with E-state index in [0.717, 1.165) is 5.19 Å². The van der Waals surface area contributed by atoms with Gasteiger partial charge in [-0.1, -0.05) is 25.7 Å². The highest BCUT2D eigenvalue weighted by Crippen LogP contribution is 2.02. The Bertz CT molecular complexity index is 255. The van der Waals surface area contributed by atoms with Crippen molar-refractivity contribution in [1.29, 1.82) is 0 Å². The SMILES string of the molecule is C[Si](C)(C)c1cccnc1F. The number of rotatable bonds is 1. The van der Waals surface area contributed by atoms with Crippen LogP contribution in [0.25, 0.3) is 0 Å². The van der Waals surface area contributed by atoms with Crippen molar-refractivity contribution < 1.29 is 4.39 Å². The van der Waals surface area contributed by atoms with Crippen LogP contribution in [0.2, 0.25) is 19.6 Å². The first-order valence-corrected chi connectivity index (χ1v) is 7.13. The van der Waals surface area contributed by atoms with Crippen LogP contribution in [-0.2, 0) is 0 Å². The second kappa shape index (κ2) is 2.74. The second-order valence-corrected chi connectivity index (χ2v) is 8.63. The summed E-state index contributed by atoms with van der Waals surface area (Å²) in [6.45, 7) is 6.31. The molecular weight excluding hydrogens is 157 g/mol. The average Bonchev–Trinajstić information content (AvgIpc) is 1.86. The predicted octanol–water partition coefficient (Wildman–Crippen LogP) is 1.77. The number of halogens is 1. The predicted molar refractivity (Wildman–Crippen MR) is 47.2 cm³/mol. The summed E-state index contributed by atoms with van der Waals surface area (Å²) >= 11 is 0. The first-order chi connectivity index (χ1) is 5.02. The lowest BCUT2D eigenvalue weighted by Crippen LogP contribution is -2.40. The van der Waals surface area contributed by atoms with E-state index in [1.807, 2.05) is 6.07 Å². The van der Waals surface area contributed by atoms with Crippen LogP contribution < -0.4 is 5.19 Å². The fourth-order valence-corrected chi connectivity index (χ4v) is 2.23. The van der Waals surface area contributed by atoms with Gasteiger partial charge in [-0.25, -0.2) is 4.98 Å². The lowest BCUT2D eigenvalue weighted by molar-refractivity contribution is 0.591. The van der Waals surface area contributed by atoms with Gasteiger partial charge in [0.1, 0.15) is 0 Å². The Balaban J connectivity index is 3.14. The Kier molecular flexibility index (Phi) is 2.09. The van der Waals surface area contributed by atoms with Crippen molar-refractivity contribution in [2.24, 2.45) is 0 Å². The van der Waals surface area contributed by atoms with Gasteiger partial charge in [-0.15, -0.1) is 0 Å². The highest BCUT2D eigenvalue weighted by atomic mass is 28.3. The number of aromatic nitrogens is 1. The van der Waals surface area contributed by atoms with E-state index < -0.39 is 8.07 Å². The number of nitrogens with zero attached hydrogens (tertiary/aromatic N) is 1. The van der Waals surface area contributed by atoms with Gasteiger partial charge >= 0.3 is 0 Å². The number of hydrogen-bond donors (Lipinski definition) is 0. The van der Waals surface area contributed by atoms with Crippen LogP contribution in [-0.4, -0.2) is 13.1 Å². The van der Waals surface area contributed by atoms with Crippen molar-refractivity contribution in [3.63, 3.8) is 0 Å². The largest absolute Gasteiger partial charge is 0.228 e. The molecule has 0 spiro atoms. The molecule has 0 aromatic carbocycles. The molecule has 0 atom stereocenters. The van der Waals surface area contributed by atoms with Gasteiger partial charge in [0.05, 0.1) is 8.07 Å². The van der Waals surface area contributed by atoms with E-state index in [4.69, 9.17) is 0 Å². The number of pyridine rings is 1. The van der Waals surface area contributed by atoms with Crippen LogP contribution in [0.1, 0.15) is 0 Å². The molecule has 0 aliphatic carbocycles. The molecule has 0 aliphatic rings. The Morgan fingerprint density at radius 3 is 2.36 bits per heavy atom. The fourth-order valence-electron chi connectivity index (χ4n) is 0.945. The molecule has 0 unspecified atom stereocenters. The minimum absolute atomic E-state index is 0.299. The average molecular weight is 169 g/mol.